The molecular weight excluding hydrogens is 392 g/mol. The predicted octanol–water partition coefficient (Wildman–Crippen LogP) is 3.18. The normalized spacial score (nSPS) is 16.1. The minimum atomic E-state index is -0.255. The minimum Gasteiger partial charge on any atom is -0.494 e. The number of carbonyl (C=O) groups is 1. The van der Waals surface area contributed by atoms with Crippen LogP contribution in [0.4, 0.5) is 5.95 Å². The van der Waals surface area contributed by atoms with Crippen molar-refractivity contribution >= 4 is 22.8 Å². The van der Waals surface area contributed by atoms with E-state index in [-0.39, 0.29) is 11.9 Å². The standard InChI is InChI=1S/C23H30N6O2/c1-5-28-13-11-24-21(28)15-27(4)22(30)20-8-7-12-29(20)23-25-16(3)18-14-17(31-6-2)9-10-19(18)26-23/h9-11,13-14,20H,5-8,12,15H2,1-4H3/t20-/m1/s1. The summed E-state index contributed by atoms with van der Waals surface area (Å²) in [6.07, 6.45) is 5.46. The molecule has 1 saturated heterocycles. The molecule has 0 radical (unpaired) electrons. The third kappa shape index (κ3) is 4.19. The van der Waals surface area contributed by atoms with E-state index in [1.807, 2.05) is 50.2 Å². The van der Waals surface area contributed by atoms with Crippen LogP contribution >= 0.6 is 0 Å². The fraction of sp³-hybridized carbons (Fsp3) is 0.478. The number of hydrogen-bond acceptors (Lipinski definition) is 6. The Balaban J connectivity index is 1.56. The molecule has 0 aliphatic carbocycles. The lowest BCUT2D eigenvalue weighted by Gasteiger charge is -2.28. The zero-order valence-electron chi connectivity index (χ0n) is 18.7. The van der Waals surface area contributed by atoms with Crippen molar-refractivity contribution < 1.29 is 9.53 Å². The number of aromatic nitrogens is 4. The van der Waals surface area contributed by atoms with Crippen molar-refractivity contribution in [1.82, 2.24) is 24.4 Å². The van der Waals surface area contributed by atoms with E-state index < -0.39 is 0 Å². The lowest BCUT2D eigenvalue weighted by Crippen LogP contribution is -2.44. The van der Waals surface area contributed by atoms with Crippen LogP contribution in [0.1, 0.15) is 38.2 Å². The first-order valence-corrected chi connectivity index (χ1v) is 10.9. The molecule has 8 heteroatoms. The number of benzene rings is 1. The van der Waals surface area contributed by atoms with E-state index >= 15 is 0 Å². The fourth-order valence-corrected chi connectivity index (χ4v) is 4.22. The van der Waals surface area contributed by atoms with Crippen LogP contribution in [0.5, 0.6) is 5.75 Å². The van der Waals surface area contributed by atoms with Crippen LogP contribution in [0.2, 0.25) is 0 Å². The maximum atomic E-state index is 13.3. The van der Waals surface area contributed by atoms with Crippen LogP contribution in [0.25, 0.3) is 10.9 Å². The molecule has 1 atom stereocenters. The second-order valence-electron chi connectivity index (χ2n) is 7.90. The van der Waals surface area contributed by atoms with E-state index in [1.165, 1.54) is 0 Å². The third-order valence-electron chi connectivity index (χ3n) is 5.85. The molecule has 1 fully saturated rings. The van der Waals surface area contributed by atoms with Gasteiger partial charge in [0.1, 0.15) is 17.6 Å². The van der Waals surface area contributed by atoms with Gasteiger partial charge in [-0.15, -0.1) is 0 Å². The summed E-state index contributed by atoms with van der Waals surface area (Å²) in [7, 11) is 1.84. The van der Waals surface area contributed by atoms with E-state index in [1.54, 1.807) is 11.1 Å². The Hall–Kier alpha value is -3.16. The average molecular weight is 423 g/mol. The van der Waals surface area contributed by atoms with Gasteiger partial charge in [-0.25, -0.2) is 15.0 Å². The summed E-state index contributed by atoms with van der Waals surface area (Å²) in [6.45, 7) is 8.73. The molecule has 0 N–H and O–H groups in total. The molecule has 1 amide bonds. The predicted molar refractivity (Wildman–Crippen MR) is 120 cm³/mol. The van der Waals surface area contributed by atoms with Gasteiger partial charge in [0.15, 0.2) is 0 Å². The summed E-state index contributed by atoms with van der Waals surface area (Å²) in [6, 6.07) is 5.61. The topological polar surface area (TPSA) is 76.4 Å². The Labute approximate surface area is 182 Å². The van der Waals surface area contributed by atoms with Gasteiger partial charge in [0.05, 0.1) is 24.4 Å². The molecule has 0 spiro atoms. The zero-order valence-corrected chi connectivity index (χ0v) is 18.7. The lowest BCUT2D eigenvalue weighted by molar-refractivity contribution is -0.131. The first-order valence-electron chi connectivity index (χ1n) is 10.9. The van der Waals surface area contributed by atoms with Crippen LogP contribution < -0.4 is 9.64 Å². The van der Waals surface area contributed by atoms with Gasteiger partial charge in [-0.3, -0.25) is 4.79 Å². The van der Waals surface area contributed by atoms with Crippen molar-refractivity contribution in [3.63, 3.8) is 0 Å². The Morgan fingerprint density at radius 2 is 2.13 bits per heavy atom. The van der Waals surface area contributed by atoms with Crippen molar-refractivity contribution in [2.24, 2.45) is 0 Å². The molecule has 0 unspecified atom stereocenters. The van der Waals surface area contributed by atoms with E-state index in [9.17, 15) is 4.79 Å². The van der Waals surface area contributed by atoms with Crippen LogP contribution in [0.15, 0.2) is 30.6 Å². The van der Waals surface area contributed by atoms with Gasteiger partial charge in [0.2, 0.25) is 11.9 Å². The molecule has 1 aliphatic heterocycles. The van der Waals surface area contributed by atoms with Gasteiger partial charge in [-0.1, -0.05) is 0 Å². The highest BCUT2D eigenvalue weighted by Crippen LogP contribution is 2.28. The summed E-state index contributed by atoms with van der Waals surface area (Å²) < 4.78 is 7.67. The summed E-state index contributed by atoms with van der Waals surface area (Å²) in [4.78, 5) is 31.0. The van der Waals surface area contributed by atoms with Crippen molar-refractivity contribution in [2.75, 3.05) is 25.1 Å². The van der Waals surface area contributed by atoms with Crippen LogP contribution in [-0.4, -0.2) is 56.6 Å². The summed E-state index contributed by atoms with van der Waals surface area (Å²) in [5.41, 5.74) is 1.75. The maximum Gasteiger partial charge on any atom is 0.245 e. The Morgan fingerprint density at radius 1 is 1.29 bits per heavy atom. The van der Waals surface area contributed by atoms with Crippen molar-refractivity contribution in [3.8, 4) is 5.75 Å². The molecule has 2 aromatic heterocycles. The number of amides is 1. The Morgan fingerprint density at radius 3 is 2.90 bits per heavy atom. The number of anilines is 1. The van der Waals surface area contributed by atoms with Gasteiger partial charge >= 0.3 is 0 Å². The molecule has 0 bridgehead atoms. The summed E-state index contributed by atoms with van der Waals surface area (Å²) in [5, 5.41) is 0.972. The lowest BCUT2D eigenvalue weighted by atomic mass is 10.2. The van der Waals surface area contributed by atoms with Crippen molar-refractivity contribution in [3.05, 3.63) is 42.1 Å². The van der Waals surface area contributed by atoms with E-state index in [0.717, 1.165) is 54.1 Å². The van der Waals surface area contributed by atoms with Crippen molar-refractivity contribution in [2.45, 2.75) is 52.7 Å². The molecule has 31 heavy (non-hydrogen) atoms. The molecule has 3 aromatic rings. The second-order valence-corrected chi connectivity index (χ2v) is 7.90. The number of hydrogen-bond donors (Lipinski definition) is 0. The number of nitrogens with zero attached hydrogens (tertiary/aromatic N) is 6. The number of imidazole rings is 1. The largest absolute Gasteiger partial charge is 0.494 e. The van der Waals surface area contributed by atoms with Gasteiger partial charge < -0.3 is 19.1 Å². The Bertz CT molecular complexity index is 1080. The average Bonchev–Trinajstić information content (AvgIpc) is 3.43. The highest BCUT2D eigenvalue weighted by atomic mass is 16.5. The fourth-order valence-electron chi connectivity index (χ4n) is 4.22. The molecule has 4 rings (SSSR count). The zero-order chi connectivity index (χ0) is 22.0. The molecular formula is C23H30N6O2. The quantitative estimate of drug-likeness (QED) is 0.582. The smallest absolute Gasteiger partial charge is 0.245 e. The van der Waals surface area contributed by atoms with Crippen molar-refractivity contribution in [1.29, 1.82) is 0 Å². The molecule has 8 nitrogen and oxygen atoms in total. The maximum absolute atomic E-state index is 13.3. The SMILES string of the molecule is CCOc1ccc2nc(N3CCC[C@@H]3C(=O)N(C)Cc3nccn3CC)nc(C)c2c1. The van der Waals surface area contributed by atoms with E-state index in [4.69, 9.17) is 14.7 Å². The number of aryl methyl sites for hydroxylation is 2. The monoisotopic (exact) mass is 422 g/mol. The number of carbonyl (C=O) groups excluding carboxylic acids is 1. The summed E-state index contributed by atoms with van der Waals surface area (Å²) in [5.74, 6) is 2.41. The number of likely N-dealkylation sites (N-methyl/N-ethyl adjacent to an activating group) is 1. The highest BCUT2D eigenvalue weighted by Gasteiger charge is 2.34. The minimum absolute atomic E-state index is 0.0798. The van der Waals surface area contributed by atoms with Gasteiger partial charge in [0, 0.05) is 37.9 Å². The molecule has 3 heterocycles. The van der Waals surface area contributed by atoms with Crippen LogP contribution in [0, 0.1) is 6.92 Å². The van der Waals surface area contributed by atoms with Crippen LogP contribution in [0.3, 0.4) is 0 Å². The molecule has 0 saturated carbocycles. The number of ether oxygens (including phenoxy) is 1. The van der Waals surface area contributed by atoms with Crippen LogP contribution in [-0.2, 0) is 17.9 Å². The molecule has 164 valence electrons. The van der Waals surface area contributed by atoms with E-state index in [2.05, 4.69) is 16.5 Å². The Kier molecular flexibility index (Phi) is 6.06. The summed E-state index contributed by atoms with van der Waals surface area (Å²) >= 11 is 0. The molecule has 1 aromatic carbocycles. The van der Waals surface area contributed by atoms with Gasteiger partial charge in [0.25, 0.3) is 0 Å². The number of rotatable bonds is 7. The van der Waals surface area contributed by atoms with Gasteiger partial charge in [-0.05, 0) is 51.8 Å². The molecule has 1 aliphatic rings. The number of fused-ring (bicyclic) bond motifs is 1. The second kappa shape index (κ2) is 8.91. The van der Waals surface area contributed by atoms with E-state index in [0.29, 0.717) is 19.1 Å². The van der Waals surface area contributed by atoms with Gasteiger partial charge in [-0.2, -0.15) is 0 Å². The first-order chi connectivity index (χ1) is 15.0. The highest BCUT2D eigenvalue weighted by molar-refractivity contribution is 5.87. The first kappa shape index (κ1) is 21.1. The third-order valence-corrected chi connectivity index (χ3v) is 5.85.